The lowest BCUT2D eigenvalue weighted by Gasteiger charge is -2.14. The molecule has 124 valence electrons. The van der Waals surface area contributed by atoms with Crippen LogP contribution in [0.1, 0.15) is 58.3 Å². The van der Waals surface area contributed by atoms with Gasteiger partial charge in [-0.15, -0.1) is 0 Å². The Morgan fingerprint density at radius 1 is 1.00 bits per heavy atom. The molecule has 4 heteroatoms. The Kier molecular flexibility index (Phi) is 14.9. The predicted octanol–water partition coefficient (Wildman–Crippen LogP) is 3.89. The molecule has 0 aromatic carbocycles. The molecule has 0 fully saturated rings. The molecule has 0 saturated heterocycles. The Balaban J connectivity index is 3.39. The smallest absolute Gasteiger partial charge is 0.305 e. The highest BCUT2D eigenvalue weighted by Crippen LogP contribution is 2.08. The van der Waals surface area contributed by atoms with Crippen molar-refractivity contribution in [3.8, 4) is 0 Å². The number of hydrogen-bond donors (Lipinski definition) is 0. The quantitative estimate of drug-likeness (QED) is 0.277. The molecule has 0 aliphatic heterocycles. The molecule has 0 amide bonds. The molecule has 4 nitrogen and oxygen atoms in total. The number of ether oxygens (including phenoxy) is 3. The number of methoxy groups -OCH3 is 2. The molecule has 0 bridgehead atoms. The molecule has 0 N–H and O–H groups in total. The topological polar surface area (TPSA) is 44.8 Å². The average molecular weight is 300 g/mol. The summed E-state index contributed by atoms with van der Waals surface area (Å²) >= 11 is 0. The summed E-state index contributed by atoms with van der Waals surface area (Å²) in [7, 11) is 3.19. The normalized spacial score (nSPS) is 12.7. The van der Waals surface area contributed by atoms with Crippen molar-refractivity contribution >= 4 is 5.97 Å². The van der Waals surface area contributed by atoms with E-state index in [9.17, 15) is 4.79 Å². The SMILES string of the molecule is CC/C=C/CCCCCCCC(=O)OCC(COC)OC. The number of carbonyl (C=O) groups excluding carboxylic acids is 1. The van der Waals surface area contributed by atoms with Gasteiger partial charge in [0.1, 0.15) is 12.7 Å². The third-order valence-corrected chi connectivity index (χ3v) is 3.27. The molecule has 0 aromatic heterocycles. The third-order valence-electron chi connectivity index (χ3n) is 3.27. The summed E-state index contributed by atoms with van der Waals surface area (Å²) in [6.45, 7) is 2.86. The van der Waals surface area contributed by atoms with Gasteiger partial charge in [0, 0.05) is 20.6 Å². The van der Waals surface area contributed by atoms with Crippen LogP contribution >= 0.6 is 0 Å². The summed E-state index contributed by atoms with van der Waals surface area (Å²) < 4.78 is 15.3. The fourth-order valence-corrected chi connectivity index (χ4v) is 1.97. The number of hydrogen-bond acceptors (Lipinski definition) is 4. The summed E-state index contributed by atoms with van der Waals surface area (Å²) in [5, 5.41) is 0. The highest BCUT2D eigenvalue weighted by Gasteiger charge is 2.10. The molecule has 21 heavy (non-hydrogen) atoms. The van der Waals surface area contributed by atoms with Gasteiger partial charge >= 0.3 is 5.97 Å². The van der Waals surface area contributed by atoms with E-state index in [0.717, 1.165) is 19.3 Å². The summed E-state index contributed by atoms with van der Waals surface area (Å²) in [6, 6.07) is 0. The van der Waals surface area contributed by atoms with E-state index in [4.69, 9.17) is 14.2 Å². The van der Waals surface area contributed by atoms with Gasteiger partial charge in [-0.2, -0.15) is 0 Å². The highest BCUT2D eigenvalue weighted by molar-refractivity contribution is 5.69. The second-order valence-electron chi connectivity index (χ2n) is 5.18. The first-order valence-corrected chi connectivity index (χ1v) is 8.06. The van der Waals surface area contributed by atoms with E-state index in [1.165, 1.54) is 25.7 Å². The Morgan fingerprint density at radius 2 is 1.71 bits per heavy atom. The van der Waals surface area contributed by atoms with Crippen LogP contribution in [0.5, 0.6) is 0 Å². The Labute approximate surface area is 129 Å². The lowest BCUT2D eigenvalue weighted by molar-refractivity contribution is -0.148. The van der Waals surface area contributed by atoms with Gasteiger partial charge in [-0.05, 0) is 25.7 Å². The maximum Gasteiger partial charge on any atom is 0.305 e. The first-order valence-electron chi connectivity index (χ1n) is 8.06. The van der Waals surface area contributed by atoms with Crippen LogP contribution in [-0.4, -0.2) is 39.5 Å². The number of unbranched alkanes of at least 4 members (excludes halogenated alkanes) is 5. The number of allylic oxidation sites excluding steroid dienone is 2. The monoisotopic (exact) mass is 300 g/mol. The van der Waals surface area contributed by atoms with Crippen LogP contribution in [0.3, 0.4) is 0 Å². The second kappa shape index (κ2) is 15.5. The molecule has 0 spiro atoms. The first kappa shape index (κ1) is 20.1. The van der Waals surface area contributed by atoms with Crippen LogP contribution in [0.4, 0.5) is 0 Å². The lowest BCUT2D eigenvalue weighted by Crippen LogP contribution is -2.25. The molecule has 1 unspecified atom stereocenters. The van der Waals surface area contributed by atoms with Crippen molar-refractivity contribution in [1.82, 2.24) is 0 Å². The Hall–Kier alpha value is -0.870. The second-order valence-corrected chi connectivity index (χ2v) is 5.18. The summed E-state index contributed by atoms with van der Waals surface area (Å²) in [4.78, 5) is 11.5. The Bertz CT molecular complexity index is 264. The average Bonchev–Trinajstić information content (AvgIpc) is 2.49. The minimum Gasteiger partial charge on any atom is -0.463 e. The fourth-order valence-electron chi connectivity index (χ4n) is 1.97. The van der Waals surface area contributed by atoms with Crippen LogP contribution in [0.25, 0.3) is 0 Å². The molecule has 0 saturated carbocycles. The van der Waals surface area contributed by atoms with E-state index in [1.54, 1.807) is 14.2 Å². The zero-order valence-electron chi connectivity index (χ0n) is 13.9. The van der Waals surface area contributed by atoms with Gasteiger partial charge in [-0.1, -0.05) is 38.3 Å². The number of carbonyl (C=O) groups is 1. The molecule has 0 heterocycles. The van der Waals surface area contributed by atoms with Gasteiger partial charge < -0.3 is 14.2 Å². The predicted molar refractivity (Wildman–Crippen MR) is 85.4 cm³/mol. The van der Waals surface area contributed by atoms with Crippen molar-refractivity contribution in [1.29, 1.82) is 0 Å². The van der Waals surface area contributed by atoms with Crippen LogP contribution in [0.15, 0.2) is 12.2 Å². The van der Waals surface area contributed by atoms with Crippen molar-refractivity contribution in [3.63, 3.8) is 0 Å². The fraction of sp³-hybridized carbons (Fsp3) is 0.824. The van der Waals surface area contributed by atoms with Gasteiger partial charge in [-0.3, -0.25) is 4.79 Å². The summed E-state index contributed by atoms with van der Waals surface area (Å²) in [5.41, 5.74) is 0. The van der Waals surface area contributed by atoms with Crippen LogP contribution < -0.4 is 0 Å². The molecule has 0 radical (unpaired) electrons. The van der Waals surface area contributed by atoms with Gasteiger partial charge in [0.15, 0.2) is 0 Å². The van der Waals surface area contributed by atoms with Crippen molar-refractivity contribution in [2.45, 2.75) is 64.4 Å². The molecule has 0 aliphatic carbocycles. The maximum absolute atomic E-state index is 11.5. The summed E-state index contributed by atoms with van der Waals surface area (Å²) in [5.74, 6) is -0.140. The van der Waals surface area contributed by atoms with Crippen molar-refractivity contribution in [3.05, 3.63) is 12.2 Å². The zero-order chi connectivity index (χ0) is 15.8. The van der Waals surface area contributed by atoms with E-state index < -0.39 is 0 Å². The van der Waals surface area contributed by atoms with Crippen molar-refractivity contribution in [2.24, 2.45) is 0 Å². The first-order chi connectivity index (χ1) is 10.2. The van der Waals surface area contributed by atoms with Gasteiger partial charge in [0.05, 0.1) is 6.61 Å². The van der Waals surface area contributed by atoms with Crippen molar-refractivity contribution < 1.29 is 19.0 Å². The number of rotatable bonds is 14. The molecule has 0 aromatic rings. The summed E-state index contributed by atoms with van der Waals surface area (Å²) in [6.07, 6.45) is 12.8. The van der Waals surface area contributed by atoms with E-state index >= 15 is 0 Å². The van der Waals surface area contributed by atoms with Gasteiger partial charge in [0.2, 0.25) is 0 Å². The van der Waals surface area contributed by atoms with Gasteiger partial charge in [-0.25, -0.2) is 0 Å². The number of esters is 1. The standard InChI is InChI=1S/C17H32O4/c1-4-5-6-7-8-9-10-11-12-13-17(18)21-15-16(20-3)14-19-2/h5-6,16H,4,7-15H2,1-3H3/b6-5+. The van der Waals surface area contributed by atoms with E-state index in [2.05, 4.69) is 19.1 Å². The maximum atomic E-state index is 11.5. The zero-order valence-corrected chi connectivity index (χ0v) is 13.9. The minimum atomic E-state index is -0.171. The molecule has 0 rings (SSSR count). The van der Waals surface area contributed by atoms with Crippen molar-refractivity contribution in [2.75, 3.05) is 27.4 Å². The highest BCUT2D eigenvalue weighted by atomic mass is 16.6. The largest absolute Gasteiger partial charge is 0.463 e. The molecule has 0 aliphatic rings. The third kappa shape index (κ3) is 13.9. The van der Waals surface area contributed by atoms with Crippen LogP contribution in [0, 0.1) is 0 Å². The lowest BCUT2D eigenvalue weighted by atomic mass is 10.1. The Morgan fingerprint density at radius 3 is 2.38 bits per heavy atom. The van der Waals surface area contributed by atoms with E-state index in [0.29, 0.717) is 13.0 Å². The van der Waals surface area contributed by atoms with Crippen LogP contribution in [0.2, 0.25) is 0 Å². The molecule has 1 atom stereocenters. The van der Waals surface area contributed by atoms with E-state index in [-0.39, 0.29) is 18.7 Å². The molecular formula is C17H32O4. The molecular weight excluding hydrogens is 268 g/mol. The van der Waals surface area contributed by atoms with E-state index in [1.807, 2.05) is 0 Å². The van der Waals surface area contributed by atoms with Crippen LogP contribution in [-0.2, 0) is 19.0 Å². The van der Waals surface area contributed by atoms with Gasteiger partial charge in [0.25, 0.3) is 0 Å². The minimum absolute atomic E-state index is 0.140.